The van der Waals surface area contributed by atoms with Crippen LogP contribution in [0.3, 0.4) is 0 Å². The van der Waals surface area contributed by atoms with Gasteiger partial charge in [-0.2, -0.15) is 0 Å². The molecule has 0 aliphatic heterocycles. The fraction of sp³-hybridized carbons (Fsp3) is 0.125. The maximum Gasteiger partial charge on any atom is 0.299 e. The summed E-state index contributed by atoms with van der Waals surface area (Å²) in [5.41, 5.74) is 8.04. The Morgan fingerprint density at radius 1 is 0.905 bits per heavy atom. The first kappa shape index (κ1) is 13.7. The van der Waals surface area contributed by atoms with Crippen LogP contribution >= 0.6 is 11.3 Å². The molecule has 0 unspecified atom stereocenters. The number of aromatic nitrogens is 2. The lowest BCUT2D eigenvalue weighted by atomic mass is 10.1. The van der Waals surface area contributed by atoms with Gasteiger partial charge in [-0.1, -0.05) is 58.9 Å². The van der Waals surface area contributed by atoms with E-state index in [4.69, 9.17) is 10.5 Å². The van der Waals surface area contributed by atoms with Crippen molar-refractivity contribution < 1.29 is 4.74 Å². The van der Waals surface area contributed by atoms with Gasteiger partial charge in [-0.05, 0) is 29.7 Å². The monoisotopic (exact) mass is 297 g/mol. The van der Waals surface area contributed by atoms with Gasteiger partial charge >= 0.3 is 0 Å². The molecule has 3 rings (SSSR count). The molecule has 0 radical (unpaired) electrons. The van der Waals surface area contributed by atoms with Crippen LogP contribution in [0.4, 0.5) is 0 Å². The normalized spacial score (nSPS) is 10.5. The summed E-state index contributed by atoms with van der Waals surface area (Å²) in [7, 11) is 0. The predicted molar refractivity (Wildman–Crippen MR) is 83.6 cm³/mol. The summed E-state index contributed by atoms with van der Waals surface area (Å²) in [4.78, 5) is 0. The highest BCUT2D eigenvalue weighted by Gasteiger charge is 2.05. The van der Waals surface area contributed by atoms with Gasteiger partial charge < -0.3 is 10.5 Å². The largest absolute Gasteiger partial charge is 0.430 e. The maximum absolute atomic E-state index is 5.66. The van der Waals surface area contributed by atoms with Crippen molar-refractivity contribution in [1.29, 1.82) is 0 Å². The molecule has 0 aliphatic carbocycles. The van der Waals surface area contributed by atoms with Crippen LogP contribution < -0.4 is 10.5 Å². The molecule has 0 fully saturated rings. The van der Waals surface area contributed by atoms with Crippen LogP contribution in [0.5, 0.6) is 10.9 Å². The molecule has 21 heavy (non-hydrogen) atoms. The van der Waals surface area contributed by atoms with E-state index in [-0.39, 0.29) is 0 Å². The van der Waals surface area contributed by atoms with Crippen LogP contribution in [-0.2, 0) is 13.0 Å². The lowest BCUT2D eigenvalue weighted by molar-refractivity contribution is 0.473. The zero-order valence-corrected chi connectivity index (χ0v) is 12.2. The Labute approximate surface area is 127 Å². The zero-order chi connectivity index (χ0) is 14.5. The summed E-state index contributed by atoms with van der Waals surface area (Å²) in [6.07, 6.45) is 0.914. The summed E-state index contributed by atoms with van der Waals surface area (Å²) in [6.45, 7) is 0.386. The molecule has 0 spiro atoms. The lowest BCUT2D eigenvalue weighted by Gasteiger charge is -2.04. The van der Waals surface area contributed by atoms with Crippen molar-refractivity contribution in [3.63, 3.8) is 0 Å². The average molecular weight is 297 g/mol. The number of rotatable bonds is 5. The number of benzene rings is 2. The predicted octanol–water partition coefficient (Wildman–Crippen LogP) is 3.38. The van der Waals surface area contributed by atoms with E-state index in [1.54, 1.807) is 0 Å². The van der Waals surface area contributed by atoms with E-state index in [2.05, 4.69) is 46.6 Å². The second kappa shape index (κ2) is 6.47. The number of hydrogen-bond donors (Lipinski definition) is 1. The Hall–Kier alpha value is -2.24. The van der Waals surface area contributed by atoms with Crippen molar-refractivity contribution in [3.05, 3.63) is 70.7 Å². The molecule has 0 bridgehead atoms. The molecule has 2 aromatic carbocycles. The van der Waals surface area contributed by atoms with Crippen molar-refractivity contribution in [2.24, 2.45) is 5.73 Å². The molecule has 0 saturated carbocycles. The maximum atomic E-state index is 5.66. The first-order valence-electron chi connectivity index (χ1n) is 6.66. The highest BCUT2D eigenvalue weighted by atomic mass is 32.1. The average Bonchev–Trinajstić information content (AvgIpc) is 2.98. The van der Waals surface area contributed by atoms with E-state index in [0.717, 1.165) is 17.2 Å². The van der Waals surface area contributed by atoms with Gasteiger partial charge in [-0.3, -0.25) is 0 Å². The van der Waals surface area contributed by atoms with Crippen LogP contribution in [0, 0.1) is 0 Å². The smallest absolute Gasteiger partial charge is 0.299 e. The van der Waals surface area contributed by atoms with E-state index in [1.807, 2.05) is 18.2 Å². The lowest BCUT2D eigenvalue weighted by Crippen LogP contribution is -1.94. The van der Waals surface area contributed by atoms with Gasteiger partial charge in [-0.15, -0.1) is 5.10 Å². The fourth-order valence-corrected chi connectivity index (χ4v) is 2.56. The summed E-state index contributed by atoms with van der Waals surface area (Å²) in [5, 5.41) is 9.15. The van der Waals surface area contributed by atoms with E-state index >= 15 is 0 Å². The Kier molecular flexibility index (Phi) is 4.23. The molecule has 0 atom stereocenters. The molecule has 3 aromatic rings. The minimum absolute atomic E-state index is 0.386. The third-order valence-electron chi connectivity index (χ3n) is 3.00. The van der Waals surface area contributed by atoms with Gasteiger partial charge in [0.25, 0.3) is 5.19 Å². The minimum atomic E-state index is 0.386. The number of nitrogens with zero attached hydrogens (tertiary/aromatic N) is 2. The Morgan fingerprint density at radius 3 is 2.29 bits per heavy atom. The van der Waals surface area contributed by atoms with Crippen molar-refractivity contribution in [2.45, 2.75) is 13.0 Å². The van der Waals surface area contributed by atoms with E-state index in [0.29, 0.717) is 11.7 Å². The van der Waals surface area contributed by atoms with Gasteiger partial charge in [0.15, 0.2) is 0 Å². The summed E-state index contributed by atoms with van der Waals surface area (Å²) >= 11 is 1.37. The summed E-state index contributed by atoms with van der Waals surface area (Å²) in [6, 6.07) is 18.4. The molecule has 1 heterocycles. The highest BCUT2D eigenvalue weighted by molar-refractivity contribution is 7.13. The third kappa shape index (κ3) is 3.65. The van der Waals surface area contributed by atoms with Crippen LogP contribution in [0.15, 0.2) is 54.6 Å². The van der Waals surface area contributed by atoms with Crippen molar-refractivity contribution in [3.8, 4) is 10.9 Å². The molecular formula is C16H15N3OS. The quantitative estimate of drug-likeness (QED) is 0.784. The highest BCUT2D eigenvalue weighted by Crippen LogP contribution is 2.25. The molecule has 0 amide bonds. The molecule has 1 aromatic heterocycles. The number of ether oxygens (including phenoxy) is 1. The van der Waals surface area contributed by atoms with Gasteiger partial charge in [0.05, 0.1) is 0 Å². The van der Waals surface area contributed by atoms with Crippen LogP contribution in [0.1, 0.15) is 16.1 Å². The van der Waals surface area contributed by atoms with Crippen LogP contribution in [-0.4, -0.2) is 10.2 Å². The topological polar surface area (TPSA) is 61.0 Å². The molecule has 5 heteroatoms. The molecule has 106 valence electrons. The van der Waals surface area contributed by atoms with Gasteiger partial charge in [0.1, 0.15) is 10.8 Å². The SMILES string of the molecule is NCc1nnc(Oc2ccc(Cc3ccccc3)cc2)s1. The first-order chi connectivity index (χ1) is 10.3. The second-order valence-electron chi connectivity index (χ2n) is 4.57. The molecular weight excluding hydrogens is 282 g/mol. The zero-order valence-electron chi connectivity index (χ0n) is 11.4. The Balaban J connectivity index is 1.66. The van der Waals surface area contributed by atoms with Crippen molar-refractivity contribution in [2.75, 3.05) is 0 Å². The second-order valence-corrected chi connectivity index (χ2v) is 5.60. The standard InChI is InChI=1S/C16H15N3OS/c17-11-15-18-19-16(21-15)20-14-8-6-13(7-9-14)10-12-4-2-1-3-5-12/h1-9H,10-11,17H2. The number of hydrogen-bond acceptors (Lipinski definition) is 5. The van der Waals surface area contributed by atoms with Crippen LogP contribution in [0.25, 0.3) is 0 Å². The molecule has 4 nitrogen and oxygen atoms in total. The van der Waals surface area contributed by atoms with Gasteiger partial charge in [-0.25, -0.2) is 0 Å². The summed E-state index contributed by atoms with van der Waals surface area (Å²) < 4.78 is 5.66. The minimum Gasteiger partial charge on any atom is -0.430 e. The Morgan fingerprint density at radius 2 is 1.62 bits per heavy atom. The molecule has 2 N–H and O–H groups in total. The van der Waals surface area contributed by atoms with E-state index in [1.165, 1.54) is 22.5 Å². The first-order valence-corrected chi connectivity index (χ1v) is 7.48. The van der Waals surface area contributed by atoms with E-state index < -0.39 is 0 Å². The van der Waals surface area contributed by atoms with E-state index in [9.17, 15) is 0 Å². The Bertz CT molecular complexity index is 695. The summed E-state index contributed by atoms with van der Waals surface area (Å²) in [5.74, 6) is 0.756. The number of nitrogens with two attached hydrogens (primary N) is 1. The van der Waals surface area contributed by atoms with Gasteiger partial charge in [0.2, 0.25) is 0 Å². The molecule has 0 saturated heterocycles. The molecule has 0 aliphatic rings. The van der Waals surface area contributed by atoms with Crippen LogP contribution in [0.2, 0.25) is 0 Å². The van der Waals surface area contributed by atoms with Gasteiger partial charge in [0, 0.05) is 6.54 Å². The van der Waals surface area contributed by atoms with Crippen molar-refractivity contribution >= 4 is 11.3 Å². The fourth-order valence-electron chi connectivity index (χ4n) is 1.97. The van der Waals surface area contributed by atoms with Crippen molar-refractivity contribution in [1.82, 2.24) is 10.2 Å². The third-order valence-corrected chi connectivity index (χ3v) is 3.83.